The third kappa shape index (κ3) is 3.98. The van der Waals surface area contributed by atoms with Crippen molar-refractivity contribution >= 4 is 11.0 Å². The van der Waals surface area contributed by atoms with Crippen molar-refractivity contribution in [3.63, 3.8) is 0 Å². The molecule has 156 valence electrons. The molecule has 0 aliphatic carbocycles. The first-order chi connectivity index (χ1) is 14.7. The summed E-state index contributed by atoms with van der Waals surface area (Å²) in [5, 5.41) is 8.82. The number of aromatic nitrogens is 6. The lowest BCUT2D eigenvalue weighted by atomic mass is 10.1. The third-order valence-corrected chi connectivity index (χ3v) is 4.89. The summed E-state index contributed by atoms with van der Waals surface area (Å²) in [7, 11) is 0. The van der Waals surface area contributed by atoms with E-state index in [1.165, 1.54) is 0 Å². The quantitative estimate of drug-likeness (QED) is 0.460. The molecule has 0 aliphatic rings. The molecule has 3 aromatic heterocycles. The van der Waals surface area contributed by atoms with Gasteiger partial charge in [-0.3, -0.25) is 14.2 Å². The first-order valence-electron chi connectivity index (χ1n) is 10.4. The van der Waals surface area contributed by atoms with Gasteiger partial charge in [-0.15, -0.1) is 0 Å². The molecular weight excluding hydrogens is 380 g/mol. The fourth-order valence-corrected chi connectivity index (χ4v) is 3.49. The molecule has 0 fully saturated rings. The van der Waals surface area contributed by atoms with Crippen molar-refractivity contribution in [3.8, 4) is 17.1 Å². The predicted molar refractivity (Wildman–Crippen MR) is 116 cm³/mol. The Morgan fingerprint density at radius 1 is 1.07 bits per heavy atom. The molecule has 4 aromatic rings. The average molecular weight is 406 g/mol. The molecule has 0 aliphatic heterocycles. The van der Waals surface area contributed by atoms with Crippen LogP contribution in [0.3, 0.4) is 0 Å². The lowest BCUT2D eigenvalue weighted by Gasteiger charge is -2.10. The van der Waals surface area contributed by atoms with Gasteiger partial charge >= 0.3 is 0 Å². The van der Waals surface area contributed by atoms with Gasteiger partial charge in [0.25, 0.3) is 5.56 Å². The van der Waals surface area contributed by atoms with E-state index < -0.39 is 0 Å². The molecule has 3 heterocycles. The lowest BCUT2D eigenvalue weighted by Crippen LogP contribution is -2.12. The Hall–Kier alpha value is -3.42. The van der Waals surface area contributed by atoms with E-state index in [2.05, 4.69) is 29.0 Å². The number of ether oxygens (including phenoxy) is 1. The highest BCUT2D eigenvalue weighted by Gasteiger charge is 2.18. The zero-order valence-corrected chi connectivity index (χ0v) is 17.3. The summed E-state index contributed by atoms with van der Waals surface area (Å²) < 4.78 is 9.61. The fraction of sp³-hybridized carbons (Fsp3) is 0.364. The van der Waals surface area contributed by atoms with Crippen LogP contribution in [-0.4, -0.2) is 36.1 Å². The topological polar surface area (TPSA) is 90.6 Å². The van der Waals surface area contributed by atoms with Crippen LogP contribution in [0.2, 0.25) is 0 Å². The Bertz CT molecular complexity index is 1180. The van der Waals surface area contributed by atoms with Gasteiger partial charge in [0, 0.05) is 12.4 Å². The zero-order chi connectivity index (χ0) is 20.9. The van der Waals surface area contributed by atoms with E-state index >= 15 is 0 Å². The number of benzene rings is 1. The van der Waals surface area contributed by atoms with Crippen LogP contribution < -0.4 is 10.3 Å². The molecule has 0 atom stereocenters. The van der Waals surface area contributed by atoms with Crippen molar-refractivity contribution in [3.05, 3.63) is 58.8 Å². The number of hydrogen-bond donors (Lipinski definition) is 1. The molecule has 1 aromatic carbocycles. The molecule has 0 saturated heterocycles. The van der Waals surface area contributed by atoms with E-state index in [0.29, 0.717) is 42.3 Å². The van der Waals surface area contributed by atoms with Crippen LogP contribution in [-0.2, 0) is 19.5 Å². The summed E-state index contributed by atoms with van der Waals surface area (Å²) in [4.78, 5) is 20.6. The molecule has 0 unspecified atom stereocenters. The highest BCUT2D eigenvalue weighted by molar-refractivity contribution is 5.79. The van der Waals surface area contributed by atoms with Crippen molar-refractivity contribution < 1.29 is 4.74 Å². The fourth-order valence-electron chi connectivity index (χ4n) is 3.49. The van der Waals surface area contributed by atoms with Crippen molar-refractivity contribution in [1.29, 1.82) is 0 Å². The van der Waals surface area contributed by atoms with Gasteiger partial charge in [0.2, 0.25) is 0 Å². The summed E-state index contributed by atoms with van der Waals surface area (Å²) in [6.45, 7) is 6.08. The first kappa shape index (κ1) is 19.9. The van der Waals surface area contributed by atoms with Gasteiger partial charge in [-0.2, -0.15) is 10.2 Å². The van der Waals surface area contributed by atoms with Crippen LogP contribution in [0.25, 0.3) is 22.4 Å². The number of fused-ring (bicyclic) bond motifs is 1. The van der Waals surface area contributed by atoms with Crippen molar-refractivity contribution in [1.82, 2.24) is 29.5 Å². The number of H-pyrrole nitrogens is 1. The van der Waals surface area contributed by atoms with E-state index in [0.717, 1.165) is 30.5 Å². The second-order valence-corrected chi connectivity index (χ2v) is 7.15. The molecule has 0 amide bonds. The Morgan fingerprint density at radius 3 is 2.70 bits per heavy atom. The monoisotopic (exact) mass is 406 g/mol. The maximum absolute atomic E-state index is 12.9. The average Bonchev–Trinajstić information content (AvgIpc) is 3.40. The van der Waals surface area contributed by atoms with Gasteiger partial charge in [-0.1, -0.05) is 32.4 Å². The van der Waals surface area contributed by atoms with E-state index in [-0.39, 0.29) is 5.56 Å². The predicted octanol–water partition coefficient (Wildman–Crippen LogP) is 3.42. The molecule has 0 bridgehead atoms. The maximum Gasteiger partial charge on any atom is 0.279 e. The van der Waals surface area contributed by atoms with Gasteiger partial charge in [-0.05, 0) is 31.0 Å². The molecular formula is C22H26N6O2. The van der Waals surface area contributed by atoms with Crippen molar-refractivity contribution in [2.75, 3.05) is 6.61 Å². The minimum atomic E-state index is -0.240. The molecule has 1 N–H and O–H groups in total. The number of aromatic amines is 1. The summed E-state index contributed by atoms with van der Waals surface area (Å²) in [6, 6.07) is 9.54. The molecule has 0 radical (unpaired) electrons. The Kier molecular flexibility index (Phi) is 5.92. The summed E-state index contributed by atoms with van der Waals surface area (Å²) in [5.41, 5.74) is 2.53. The number of nitrogens with one attached hydrogen (secondary N) is 1. The van der Waals surface area contributed by atoms with Gasteiger partial charge in [0.05, 0.1) is 31.0 Å². The third-order valence-electron chi connectivity index (χ3n) is 4.89. The second kappa shape index (κ2) is 8.94. The molecule has 8 nitrogen and oxygen atoms in total. The largest absolute Gasteiger partial charge is 0.493 e. The molecule has 0 spiro atoms. The van der Waals surface area contributed by atoms with E-state index in [9.17, 15) is 4.79 Å². The number of nitrogens with zero attached hydrogens (tertiary/aromatic N) is 5. The molecule has 0 saturated carbocycles. The number of hydrogen-bond acceptors (Lipinski definition) is 5. The minimum Gasteiger partial charge on any atom is -0.493 e. The normalized spacial score (nSPS) is 11.3. The van der Waals surface area contributed by atoms with Crippen LogP contribution >= 0.6 is 0 Å². The van der Waals surface area contributed by atoms with E-state index in [1.54, 1.807) is 6.20 Å². The van der Waals surface area contributed by atoms with Crippen LogP contribution in [0, 0.1) is 0 Å². The summed E-state index contributed by atoms with van der Waals surface area (Å²) >= 11 is 0. The van der Waals surface area contributed by atoms with Gasteiger partial charge in [-0.25, -0.2) is 4.98 Å². The lowest BCUT2D eigenvalue weighted by molar-refractivity contribution is 0.318. The number of aryl methyl sites for hydroxylation is 3. The second-order valence-electron chi connectivity index (χ2n) is 7.15. The SMILES string of the molecule is CCCOc1ccccc1-c1nc2c(CCC)n(CCn3cccn3)nc2c(=O)[nH]1. The summed E-state index contributed by atoms with van der Waals surface area (Å²) in [6.07, 6.45) is 6.30. The minimum absolute atomic E-state index is 0.240. The Morgan fingerprint density at radius 2 is 1.93 bits per heavy atom. The number of rotatable bonds is 9. The number of para-hydroxylation sites is 1. The van der Waals surface area contributed by atoms with E-state index in [1.807, 2.05) is 45.9 Å². The molecule has 8 heteroatoms. The first-order valence-corrected chi connectivity index (χ1v) is 10.4. The van der Waals surface area contributed by atoms with E-state index in [4.69, 9.17) is 9.72 Å². The smallest absolute Gasteiger partial charge is 0.279 e. The van der Waals surface area contributed by atoms with Gasteiger partial charge < -0.3 is 9.72 Å². The van der Waals surface area contributed by atoms with Crippen molar-refractivity contribution in [2.45, 2.75) is 46.2 Å². The van der Waals surface area contributed by atoms with Gasteiger partial charge in [0.15, 0.2) is 5.52 Å². The molecule has 30 heavy (non-hydrogen) atoms. The summed E-state index contributed by atoms with van der Waals surface area (Å²) in [5.74, 6) is 1.22. The standard InChI is InChI=1S/C22H26N6O2/c1-3-8-17-19-20(26-28(17)14-13-27-12-7-11-23-27)22(29)25-21(24-19)16-9-5-6-10-18(16)30-15-4-2/h5-7,9-12H,3-4,8,13-15H2,1-2H3,(H,24,25,29). The highest BCUT2D eigenvalue weighted by atomic mass is 16.5. The highest BCUT2D eigenvalue weighted by Crippen LogP contribution is 2.28. The van der Waals surface area contributed by atoms with Crippen LogP contribution in [0.1, 0.15) is 32.4 Å². The van der Waals surface area contributed by atoms with Gasteiger partial charge in [0.1, 0.15) is 17.1 Å². The molecule has 4 rings (SSSR count). The van der Waals surface area contributed by atoms with Crippen LogP contribution in [0.15, 0.2) is 47.5 Å². The Balaban J connectivity index is 1.77. The van der Waals surface area contributed by atoms with Crippen LogP contribution in [0.5, 0.6) is 5.75 Å². The zero-order valence-electron chi connectivity index (χ0n) is 17.3. The van der Waals surface area contributed by atoms with Crippen molar-refractivity contribution in [2.24, 2.45) is 0 Å². The van der Waals surface area contributed by atoms with Crippen LogP contribution in [0.4, 0.5) is 0 Å². The maximum atomic E-state index is 12.9. The Labute approximate surface area is 174 Å².